The summed E-state index contributed by atoms with van der Waals surface area (Å²) >= 11 is 0. The number of rotatable bonds is 2. The van der Waals surface area contributed by atoms with Gasteiger partial charge in [-0.05, 0) is 32.4 Å². The summed E-state index contributed by atoms with van der Waals surface area (Å²) in [4.78, 5) is 23.3. The monoisotopic (exact) mass is 285 g/mol. The van der Waals surface area contributed by atoms with Gasteiger partial charge < -0.3 is 4.90 Å². The molecule has 3 heterocycles. The molecule has 1 aliphatic heterocycles. The van der Waals surface area contributed by atoms with Crippen molar-refractivity contribution >= 4 is 5.91 Å². The van der Waals surface area contributed by atoms with Gasteiger partial charge in [0.15, 0.2) is 0 Å². The summed E-state index contributed by atoms with van der Waals surface area (Å²) in [6.07, 6.45) is 2.69. The van der Waals surface area contributed by atoms with Gasteiger partial charge in [-0.15, -0.1) is 0 Å². The lowest BCUT2D eigenvalue weighted by atomic mass is 10.1. The first-order valence-electron chi connectivity index (χ1n) is 7.14. The van der Waals surface area contributed by atoms with Crippen molar-refractivity contribution in [3.63, 3.8) is 0 Å². The first-order valence-corrected chi connectivity index (χ1v) is 7.14. The van der Waals surface area contributed by atoms with Crippen LogP contribution < -0.4 is 0 Å². The number of carbonyl (C=O) groups is 1. The SMILES string of the molecule is Cc1cc(C)nc(C2CCN(C(=O)c3ccn(C)n3)C2)n1. The van der Waals surface area contributed by atoms with Gasteiger partial charge in [0.2, 0.25) is 0 Å². The number of aromatic nitrogens is 4. The molecule has 6 nitrogen and oxygen atoms in total. The Balaban J connectivity index is 1.74. The van der Waals surface area contributed by atoms with Crippen LogP contribution in [0.5, 0.6) is 0 Å². The first-order chi connectivity index (χ1) is 10.0. The summed E-state index contributed by atoms with van der Waals surface area (Å²) < 4.78 is 1.65. The smallest absolute Gasteiger partial charge is 0.274 e. The second-order valence-electron chi connectivity index (χ2n) is 5.62. The fourth-order valence-corrected chi connectivity index (χ4v) is 2.78. The van der Waals surface area contributed by atoms with Crippen LogP contribution in [0, 0.1) is 13.8 Å². The van der Waals surface area contributed by atoms with Crippen LogP contribution >= 0.6 is 0 Å². The molecule has 2 aromatic heterocycles. The molecule has 1 atom stereocenters. The van der Waals surface area contributed by atoms with Gasteiger partial charge in [-0.2, -0.15) is 5.10 Å². The van der Waals surface area contributed by atoms with Crippen molar-refractivity contribution < 1.29 is 4.79 Å². The van der Waals surface area contributed by atoms with E-state index >= 15 is 0 Å². The van der Waals surface area contributed by atoms with Crippen molar-refractivity contribution in [3.8, 4) is 0 Å². The van der Waals surface area contributed by atoms with E-state index in [1.807, 2.05) is 31.9 Å². The molecule has 0 N–H and O–H groups in total. The minimum Gasteiger partial charge on any atom is -0.336 e. The van der Waals surface area contributed by atoms with Gasteiger partial charge in [-0.1, -0.05) is 0 Å². The second-order valence-corrected chi connectivity index (χ2v) is 5.62. The standard InChI is InChI=1S/C15H19N5O/c1-10-8-11(2)17-14(16-10)12-4-7-20(9-12)15(21)13-5-6-19(3)18-13/h5-6,8,12H,4,7,9H2,1-3H3. The molecule has 6 heteroatoms. The van der Waals surface area contributed by atoms with E-state index in [0.29, 0.717) is 12.2 Å². The normalized spacial score (nSPS) is 18.2. The molecule has 1 aliphatic rings. The Morgan fingerprint density at radius 3 is 2.62 bits per heavy atom. The Kier molecular flexibility index (Phi) is 3.45. The third-order valence-corrected chi connectivity index (χ3v) is 3.77. The third-order valence-electron chi connectivity index (χ3n) is 3.77. The number of aryl methyl sites for hydroxylation is 3. The van der Waals surface area contributed by atoms with E-state index in [1.165, 1.54) is 0 Å². The molecule has 0 radical (unpaired) electrons. The van der Waals surface area contributed by atoms with Crippen LogP contribution in [0.2, 0.25) is 0 Å². The Bertz CT molecular complexity index is 658. The quantitative estimate of drug-likeness (QED) is 0.838. The highest BCUT2D eigenvalue weighted by Gasteiger charge is 2.30. The molecule has 0 spiro atoms. The number of hydrogen-bond donors (Lipinski definition) is 0. The number of nitrogens with zero attached hydrogens (tertiary/aromatic N) is 5. The zero-order valence-corrected chi connectivity index (χ0v) is 12.6. The minimum absolute atomic E-state index is 0.0116. The van der Waals surface area contributed by atoms with Crippen molar-refractivity contribution in [3.05, 3.63) is 41.2 Å². The molecule has 0 aliphatic carbocycles. The lowest BCUT2D eigenvalue weighted by molar-refractivity contribution is 0.0784. The van der Waals surface area contributed by atoms with E-state index in [9.17, 15) is 4.79 Å². The fourth-order valence-electron chi connectivity index (χ4n) is 2.78. The minimum atomic E-state index is -0.0116. The molecule has 3 rings (SSSR count). The molecule has 110 valence electrons. The zero-order chi connectivity index (χ0) is 15.0. The Labute approximate surface area is 123 Å². The summed E-state index contributed by atoms with van der Waals surface area (Å²) in [7, 11) is 1.81. The second kappa shape index (κ2) is 5.27. The fraction of sp³-hybridized carbons (Fsp3) is 0.467. The van der Waals surface area contributed by atoms with Gasteiger partial charge in [-0.3, -0.25) is 9.48 Å². The molecular formula is C15H19N5O. The largest absolute Gasteiger partial charge is 0.336 e. The molecule has 1 unspecified atom stereocenters. The lowest BCUT2D eigenvalue weighted by Crippen LogP contribution is -2.29. The highest BCUT2D eigenvalue weighted by atomic mass is 16.2. The summed E-state index contributed by atoms with van der Waals surface area (Å²) in [5.74, 6) is 1.06. The molecule has 0 saturated carbocycles. The molecule has 2 aromatic rings. The van der Waals surface area contributed by atoms with E-state index in [2.05, 4.69) is 15.1 Å². The predicted molar refractivity (Wildman–Crippen MR) is 78.0 cm³/mol. The molecule has 1 saturated heterocycles. The number of likely N-dealkylation sites (tertiary alicyclic amines) is 1. The Hall–Kier alpha value is -2.24. The van der Waals surface area contributed by atoms with Crippen molar-refractivity contribution in [1.29, 1.82) is 0 Å². The van der Waals surface area contributed by atoms with Crippen LogP contribution in [0.3, 0.4) is 0 Å². The highest BCUT2D eigenvalue weighted by molar-refractivity contribution is 5.92. The van der Waals surface area contributed by atoms with Crippen LogP contribution in [-0.4, -0.2) is 43.6 Å². The molecular weight excluding hydrogens is 266 g/mol. The first kappa shape index (κ1) is 13.7. The van der Waals surface area contributed by atoms with Crippen molar-refractivity contribution in [1.82, 2.24) is 24.6 Å². The molecule has 0 aromatic carbocycles. The van der Waals surface area contributed by atoms with Gasteiger partial charge in [0.25, 0.3) is 5.91 Å². The Morgan fingerprint density at radius 1 is 1.29 bits per heavy atom. The van der Waals surface area contributed by atoms with E-state index in [4.69, 9.17) is 0 Å². The molecule has 1 amide bonds. The maximum atomic E-state index is 12.4. The van der Waals surface area contributed by atoms with Crippen molar-refractivity contribution in [2.75, 3.05) is 13.1 Å². The topological polar surface area (TPSA) is 63.9 Å². The number of amides is 1. The van der Waals surface area contributed by atoms with Crippen LogP contribution in [0.1, 0.15) is 40.0 Å². The maximum Gasteiger partial charge on any atom is 0.274 e. The Morgan fingerprint density at radius 2 is 2.00 bits per heavy atom. The van der Waals surface area contributed by atoms with E-state index in [1.54, 1.807) is 16.9 Å². The summed E-state index contributed by atoms with van der Waals surface area (Å²) in [6.45, 7) is 5.35. The van der Waals surface area contributed by atoms with Crippen molar-refractivity contribution in [2.45, 2.75) is 26.2 Å². The van der Waals surface area contributed by atoms with E-state index in [0.717, 1.165) is 30.2 Å². The summed E-state index contributed by atoms with van der Waals surface area (Å²) in [6, 6.07) is 3.72. The van der Waals surface area contributed by atoms with Crippen LogP contribution in [0.15, 0.2) is 18.3 Å². The highest BCUT2D eigenvalue weighted by Crippen LogP contribution is 2.26. The molecule has 21 heavy (non-hydrogen) atoms. The van der Waals surface area contributed by atoms with E-state index in [-0.39, 0.29) is 11.8 Å². The van der Waals surface area contributed by atoms with Gasteiger partial charge in [0.05, 0.1) is 0 Å². The van der Waals surface area contributed by atoms with E-state index < -0.39 is 0 Å². The maximum absolute atomic E-state index is 12.4. The number of hydrogen-bond acceptors (Lipinski definition) is 4. The van der Waals surface area contributed by atoms with Crippen molar-refractivity contribution in [2.24, 2.45) is 7.05 Å². The molecule has 1 fully saturated rings. The van der Waals surface area contributed by atoms with Gasteiger partial charge in [0, 0.05) is 43.6 Å². The van der Waals surface area contributed by atoms with Gasteiger partial charge in [0.1, 0.15) is 11.5 Å². The number of carbonyl (C=O) groups excluding carboxylic acids is 1. The van der Waals surface area contributed by atoms with Gasteiger partial charge >= 0.3 is 0 Å². The van der Waals surface area contributed by atoms with Crippen LogP contribution in [0.4, 0.5) is 0 Å². The summed E-state index contributed by atoms with van der Waals surface area (Å²) in [5.41, 5.74) is 2.46. The van der Waals surface area contributed by atoms with Gasteiger partial charge in [-0.25, -0.2) is 9.97 Å². The predicted octanol–water partition coefficient (Wildman–Crippen LogP) is 1.46. The third kappa shape index (κ3) is 2.79. The zero-order valence-electron chi connectivity index (χ0n) is 12.6. The molecule has 0 bridgehead atoms. The summed E-state index contributed by atoms with van der Waals surface area (Å²) in [5, 5.41) is 4.18. The average Bonchev–Trinajstić information content (AvgIpc) is 3.05. The lowest BCUT2D eigenvalue weighted by Gasteiger charge is -2.15. The van der Waals surface area contributed by atoms with Crippen LogP contribution in [-0.2, 0) is 7.05 Å². The average molecular weight is 285 g/mol. The van der Waals surface area contributed by atoms with Crippen LogP contribution in [0.25, 0.3) is 0 Å².